The average molecular weight is 322 g/mol. The zero-order valence-electron chi connectivity index (χ0n) is 12.6. The first-order valence-electron chi connectivity index (χ1n) is 7.21. The number of H-pyrrole nitrogens is 1. The molecule has 0 saturated carbocycles. The van der Waals surface area contributed by atoms with Gasteiger partial charge in [-0.25, -0.2) is 14.9 Å². The molecule has 2 heterocycles. The number of hydrogen-bond acceptors (Lipinski definition) is 5. The van der Waals surface area contributed by atoms with Crippen molar-refractivity contribution in [2.45, 2.75) is 6.54 Å². The van der Waals surface area contributed by atoms with Crippen LogP contribution in [0.2, 0.25) is 0 Å². The summed E-state index contributed by atoms with van der Waals surface area (Å²) in [5, 5.41) is 18.3. The summed E-state index contributed by atoms with van der Waals surface area (Å²) in [5.74, 6) is -0.669. The van der Waals surface area contributed by atoms with Gasteiger partial charge in [0.1, 0.15) is 11.4 Å². The lowest BCUT2D eigenvalue weighted by Crippen LogP contribution is -2.18. The van der Waals surface area contributed by atoms with Gasteiger partial charge in [-0.1, -0.05) is 30.3 Å². The number of aromatic carboxylic acids is 1. The number of pyridine rings is 1. The highest BCUT2D eigenvalue weighted by Gasteiger charge is 2.12. The van der Waals surface area contributed by atoms with Crippen LogP contribution in [0.3, 0.4) is 0 Å². The summed E-state index contributed by atoms with van der Waals surface area (Å²) >= 11 is 0. The number of nitrogens with zero attached hydrogens (tertiary/aromatic N) is 2. The van der Waals surface area contributed by atoms with Gasteiger partial charge in [-0.05, 0) is 23.8 Å². The average Bonchev–Trinajstić information content (AvgIpc) is 2.61. The monoisotopic (exact) mass is 322 g/mol. The van der Waals surface area contributed by atoms with E-state index in [1.165, 1.54) is 6.07 Å². The number of carboxylic acid groups (broad SMARTS) is 1. The van der Waals surface area contributed by atoms with E-state index in [2.05, 4.69) is 20.5 Å². The normalized spacial score (nSPS) is 10.3. The molecule has 0 unspecified atom stereocenters. The number of aromatic amines is 1. The molecule has 0 aliphatic carbocycles. The van der Waals surface area contributed by atoms with Crippen LogP contribution in [0.15, 0.2) is 59.5 Å². The highest BCUT2D eigenvalue weighted by Crippen LogP contribution is 2.19. The number of hydrogen-bond donors (Lipinski definition) is 3. The molecule has 0 radical (unpaired) electrons. The van der Waals surface area contributed by atoms with Crippen LogP contribution in [-0.2, 0) is 6.54 Å². The first-order chi connectivity index (χ1) is 11.6. The van der Waals surface area contributed by atoms with E-state index in [0.29, 0.717) is 23.6 Å². The van der Waals surface area contributed by atoms with Gasteiger partial charge in [0.2, 0.25) is 0 Å². The fraction of sp³-hybridized carbons (Fsp3) is 0.0588. The molecule has 0 aliphatic heterocycles. The Morgan fingerprint density at radius 3 is 2.71 bits per heavy atom. The van der Waals surface area contributed by atoms with Gasteiger partial charge < -0.3 is 10.4 Å². The van der Waals surface area contributed by atoms with Crippen molar-refractivity contribution in [2.24, 2.45) is 0 Å². The van der Waals surface area contributed by atoms with Crippen LogP contribution in [-0.4, -0.2) is 26.3 Å². The molecule has 0 spiro atoms. The molecule has 0 atom stereocenters. The van der Waals surface area contributed by atoms with Crippen molar-refractivity contribution in [1.29, 1.82) is 0 Å². The Kier molecular flexibility index (Phi) is 4.33. The SMILES string of the molecule is O=C(O)c1cc(-c2ccnc(NCc3ccccc3)c2)n[nH]c1=O. The Hall–Kier alpha value is -3.48. The summed E-state index contributed by atoms with van der Waals surface area (Å²) in [6.45, 7) is 0.608. The van der Waals surface area contributed by atoms with Crippen LogP contribution in [0.1, 0.15) is 15.9 Å². The van der Waals surface area contributed by atoms with Crippen LogP contribution in [0, 0.1) is 0 Å². The van der Waals surface area contributed by atoms with Gasteiger partial charge in [0.05, 0.1) is 5.69 Å². The minimum atomic E-state index is -1.30. The van der Waals surface area contributed by atoms with Crippen LogP contribution in [0.5, 0.6) is 0 Å². The maximum absolute atomic E-state index is 11.4. The van der Waals surface area contributed by atoms with Crippen LogP contribution in [0.25, 0.3) is 11.3 Å². The third-order valence-corrected chi connectivity index (χ3v) is 3.41. The van der Waals surface area contributed by atoms with Crippen LogP contribution < -0.4 is 10.9 Å². The molecule has 0 fully saturated rings. The number of nitrogens with one attached hydrogen (secondary N) is 2. The van der Waals surface area contributed by atoms with E-state index in [4.69, 9.17) is 5.11 Å². The smallest absolute Gasteiger partial charge is 0.341 e. The van der Waals surface area contributed by atoms with Crippen LogP contribution in [0.4, 0.5) is 5.82 Å². The van der Waals surface area contributed by atoms with Crippen molar-refractivity contribution in [3.8, 4) is 11.3 Å². The van der Waals surface area contributed by atoms with Gasteiger partial charge in [-0.2, -0.15) is 5.10 Å². The van der Waals surface area contributed by atoms with Crippen molar-refractivity contribution in [3.63, 3.8) is 0 Å². The third-order valence-electron chi connectivity index (χ3n) is 3.41. The topological polar surface area (TPSA) is 108 Å². The van der Waals surface area contributed by atoms with Crippen molar-refractivity contribution in [3.05, 3.63) is 76.2 Å². The molecule has 1 aromatic carbocycles. The van der Waals surface area contributed by atoms with E-state index in [1.54, 1.807) is 18.3 Å². The van der Waals surface area contributed by atoms with E-state index in [-0.39, 0.29) is 5.56 Å². The number of aromatic nitrogens is 3. The van der Waals surface area contributed by atoms with Crippen molar-refractivity contribution >= 4 is 11.8 Å². The van der Waals surface area contributed by atoms with E-state index in [9.17, 15) is 9.59 Å². The highest BCUT2D eigenvalue weighted by molar-refractivity contribution is 5.88. The predicted octanol–water partition coefficient (Wildman–Crippen LogP) is 2.14. The number of carbonyl (C=O) groups is 1. The lowest BCUT2D eigenvalue weighted by molar-refractivity contribution is 0.0694. The largest absolute Gasteiger partial charge is 0.477 e. The minimum Gasteiger partial charge on any atom is -0.477 e. The molecule has 0 bridgehead atoms. The van der Waals surface area contributed by atoms with Gasteiger partial charge in [0.25, 0.3) is 5.56 Å². The van der Waals surface area contributed by atoms with Gasteiger partial charge in [-0.3, -0.25) is 4.79 Å². The second-order valence-electron chi connectivity index (χ2n) is 5.07. The summed E-state index contributed by atoms with van der Waals surface area (Å²) in [7, 11) is 0. The first-order valence-corrected chi connectivity index (χ1v) is 7.21. The van der Waals surface area contributed by atoms with E-state index < -0.39 is 11.5 Å². The summed E-state index contributed by atoms with van der Waals surface area (Å²) in [4.78, 5) is 26.7. The summed E-state index contributed by atoms with van der Waals surface area (Å²) in [5.41, 5.74) is 1.04. The molecular formula is C17H14N4O3. The van der Waals surface area contributed by atoms with Gasteiger partial charge in [0.15, 0.2) is 0 Å². The molecule has 24 heavy (non-hydrogen) atoms. The van der Waals surface area contributed by atoms with E-state index >= 15 is 0 Å². The van der Waals surface area contributed by atoms with Gasteiger partial charge in [-0.15, -0.1) is 0 Å². The summed E-state index contributed by atoms with van der Waals surface area (Å²) in [6.07, 6.45) is 1.59. The van der Waals surface area contributed by atoms with Crippen molar-refractivity contribution in [1.82, 2.24) is 15.2 Å². The number of anilines is 1. The predicted molar refractivity (Wildman–Crippen MR) is 88.8 cm³/mol. The number of rotatable bonds is 5. The lowest BCUT2D eigenvalue weighted by Gasteiger charge is -2.07. The number of carboxylic acids is 1. The zero-order chi connectivity index (χ0) is 16.9. The molecule has 3 aromatic rings. The molecule has 120 valence electrons. The summed E-state index contributed by atoms with van der Waals surface area (Å²) < 4.78 is 0. The Bertz CT molecular complexity index is 922. The molecule has 0 saturated heterocycles. The standard InChI is InChI=1S/C17H14N4O3/c22-16-13(17(23)24)9-14(20-21-16)12-6-7-18-15(8-12)19-10-11-4-2-1-3-5-11/h1-9H,10H2,(H,18,19)(H,21,22)(H,23,24). The minimum absolute atomic E-state index is 0.351. The molecule has 7 nitrogen and oxygen atoms in total. The van der Waals surface area contributed by atoms with Crippen molar-refractivity contribution in [2.75, 3.05) is 5.32 Å². The van der Waals surface area contributed by atoms with Crippen LogP contribution >= 0.6 is 0 Å². The van der Waals surface area contributed by atoms with Gasteiger partial charge >= 0.3 is 5.97 Å². The Morgan fingerprint density at radius 1 is 1.17 bits per heavy atom. The second-order valence-corrected chi connectivity index (χ2v) is 5.07. The lowest BCUT2D eigenvalue weighted by atomic mass is 10.1. The fourth-order valence-corrected chi connectivity index (χ4v) is 2.19. The fourth-order valence-electron chi connectivity index (χ4n) is 2.19. The first kappa shape index (κ1) is 15.4. The zero-order valence-corrected chi connectivity index (χ0v) is 12.6. The molecular weight excluding hydrogens is 308 g/mol. The third kappa shape index (κ3) is 3.46. The Labute approximate surface area is 137 Å². The number of benzene rings is 1. The van der Waals surface area contributed by atoms with Crippen molar-refractivity contribution < 1.29 is 9.90 Å². The maximum atomic E-state index is 11.4. The summed E-state index contributed by atoms with van der Waals surface area (Å²) in [6, 6.07) is 14.5. The Morgan fingerprint density at radius 2 is 1.96 bits per heavy atom. The van der Waals surface area contributed by atoms with E-state index in [1.807, 2.05) is 30.3 Å². The maximum Gasteiger partial charge on any atom is 0.341 e. The molecule has 0 amide bonds. The molecule has 3 rings (SSSR count). The highest BCUT2D eigenvalue weighted by atomic mass is 16.4. The quantitative estimate of drug-likeness (QED) is 0.664. The molecule has 0 aliphatic rings. The van der Waals surface area contributed by atoms with Gasteiger partial charge in [0, 0.05) is 18.3 Å². The van der Waals surface area contributed by atoms with E-state index in [0.717, 1.165) is 5.56 Å². The Balaban J connectivity index is 1.84. The second kappa shape index (κ2) is 6.74. The molecule has 3 N–H and O–H groups in total. The molecule has 7 heteroatoms. The molecule has 2 aromatic heterocycles.